The molecular formula is C14H9N4S+. The van der Waals surface area contributed by atoms with Gasteiger partial charge in [0.05, 0.1) is 0 Å². The van der Waals surface area contributed by atoms with Gasteiger partial charge < -0.3 is 0 Å². The smallest absolute Gasteiger partial charge is 0.210 e. The van der Waals surface area contributed by atoms with Crippen molar-refractivity contribution in [2.24, 2.45) is 0 Å². The lowest BCUT2D eigenvalue weighted by Gasteiger charge is -1.91. The minimum absolute atomic E-state index is 0.773. The highest BCUT2D eigenvalue weighted by atomic mass is 32.1. The molecule has 3 aromatic heterocycles. The summed E-state index contributed by atoms with van der Waals surface area (Å²) < 4.78 is 4.41. The number of imidazole rings is 1. The Hall–Kier alpha value is -2.27. The third kappa shape index (κ3) is 1.11. The molecular weight excluding hydrogens is 256 g/mol. The first-order valence-electron chi connectivity index (χ1n) is 6.15. The van der Waals surface area contributed by atoms with E-state index >= 15 is 0 Å². The van der Waals surface area contributed by atoms with Gasteiger partial charge in [-0.3, -0.25) is 0 Å². The summed E-state index contributed by atoms with van der Waals surface area (Å²) in [5.74, 6) is 0.773. The number of nitrogens with zero attached hydrogens (tertiary/aromatic N) is 4. The van der Waals surface area contributed by atoms with Gasteiger partial charge in [0.1, 0.15) is 12.7 Å². The maximum atomic E-state index is 4.60. The second-order valence-corrected chi connectivity index (χ2v) is 5.66. The van der Waals surface area contributed by atoms with Crippen LogP contribution in [0.2, 0.25) is 0 Å². The third-order valence-corrected chi connectivity index (χ3v) is 4.72. The van der Waals surface area contributed by atoms with Crippen LogP contribution in [0.3, 0.4) is 0 Å². The van der Waals surface area contributed by atoms with Gasteiger partial charge in [-0.2, -0.15) is 14.4 Å². The number of rotatable bonds is 0. The summed E-state index contributed by atoms with van der Waals surface area (Å²) in [5, 5.41) is 1.30. The van der Waals surface area contributed by atoms with Gasteiger partial charge in [0.2, 0.25) is 4.83 Å². The topological polar surface area (TPSA) is 34.1 Å². The van der Waals surface area contributed by atoms with Crippen LogP contribution in [0.5, 0.6) is 0 Å². The van der Waals surface area contributed by atoms with Gasteiger partial charge in [-0.15, -0.1) is 0 Å². The van der Waals surface area contributed by atoms with Gasteiger partial charge >= 0.3 is 11.4 Å². The van der Waals surface area contributed by atoms with Crippen LogP contribution in [0.25, 0.3) is 26.8 Å². The molecule has 0 aliphatic carbocycles. The van der Waals surface area contributed by atoms with Crippen LogP contribution in [-0.2, 0) is 6.54 Å². The van der Waals surface area contributed by atoms with Crippen molar-refractivity contribution in [3.63, 3.8) is 0 Å². The molecule has 0 fully saturated rings. The van der Waals surface area contributed by atoms with E-state index in [2.05, 4.69) is 43.2 Å². The highest BCUT2D eigenvalue weighted by Gasteiger charge is 2.31. The molecule has 0 unspecified atom stereocenters. The van der Waals surface area contributed by atoms with E-state index in [1.165, 1.54) is 16.1 Å². The molecule has 1 aromatic carbocycles. The molecule has 0 atom stereocenters. The van der Waals surface area contributed by atoms with Crippen molar-refractivity contribution < 1.29 is 4.57 Å². The first kappa shape index (κ1) is 9.63. The van der Waals surface area contributed by atoms with E-state index in [0.29, 0.717) is 0 Å². The maximum Gasteiger partial charge on any atom is 0.327 e. The van der Waals surface area contributed by atoms with Crippen LogP contribution in [0.1, 0.15) is 5.56 Å². The molecule has 0 amide bonds. The maximum absolute atomic E-state index is 4.60. The van der Waals surface area contributed by atoms with E-state index in [0.717, 1.165) is 22.8 Å². The molecule has 1 aliphatic heterocycles. The van der Waals surface area contributed by atoms with Gasteiger partial charge in [0.25, 0.3) is 0 Å². The Morgan fingerprint density at radius 2 is 2.16 bits per heavy atom. The molecule has 0 N–H and O–H groups in total. The molecule has 0 bridgehead atoms. The highest BCUT2D eigenvalue weighted by Crippen LogP contribution is 2.34. The summed E-state index contributed by atoms with van der Waals surface area (Å²) in [7, 11) is 0. The van der Waals surface area contributed by atoms with Gasteiger partial charge in [-0.05, 0) is 12.1 Å². The van der Waals surface area contributed by atoms with Crippen LogP contribution < -0.4 is 4.57 Å². The first-order chi connectivity index (χ1) is 9.42. The zero-order chi connectivity index (χ0) is 12.4. The van der Waals surface area contributed by atoms with Crippen molar-refractivity contribution in [1.82, 2.24) is 14.4 Å². The number of benzene rings is 1. The molecule has 4 aromatic rings. The molecule has 1 aliphatic rings. The molecule has 4 heterocycles. The first-order valence-corrected chi connectivity index (χ1v) is 6.97. The Labute approximate surface area is 112 Å². The molecule has 0 spiro atoms. The van der Waals surface area contributed by atoms with Crippen molar-refractivity contribution >= 4 is 27.6 Å². The van der Waals surface area contributed by atoms with Crippen molar-refractivity contribution in [3.8, 4) is 10.6 Å². The van der Waals surface area contributed by atoms with Crippen LogP contribution in [-0.4, -0.2) is 14.4 Å². The Morgan fingerprint density at radius 1 is 1.21 bits per heavy atom. The van der Waals surface area contributed by atoms with E-state index in [1.807, 2.05) is 12.3 Å². The molecule has 4 nitrogen and oxygen atoms in total. The number of hydrogen-bond acceptors (Lipinski definition) is 3. The van der Waals surface area contributed by atoms with Crippen LogP contribution in [0.4, 0.5) is 0 Å². The number of hydrogen-bond donors (Lipinski definition) is 0. The SMILES string of the molecule is c1ccc2c(c1)C[n+]1c-2sc2nc3ncccn3c21. The number of aromatic nitrogens is 4. The Kier molecular flexibility index (Phi) is 1.62. The zero-order valence-corrected chi connectivity index (χ0v) is 10.8. The normalized spacial score (nSPS) is 13.1. The molecule has 19 heavy (non-hydrogen) atoms. The van der Waals surface area contributed by atoms with Crippen molar-refractivity contribution in [2.45, 2.75) is 6.54 Å². The number of fused-ring (bicyclic) bond motifs is 7. The average molecular weight is 265 g/mol. The van der Waals surface area contributed by atoms with E-state index in [4.69, 9.17) is 0 Å². The van der Waals surface area contributed by atoms with E-state index in [1.54, 1.807) is 17.5 Å². The zero-order valence-electron chi connectivity index (χ0n) is 9.95. The van der Waals surface area contributed by atoms with Crippen LogP contribution >= 0.6 is 11.3 Å². The van der Waals surface area contributed by atoms with Gasteiger partial charge in [-0.1, -0.05) is 29.5 Å². The molecule has 0 saturated heterocycles. The average Bonchev–Trinajstić information content (AvgIpc) is 3.05. The summed E-state index contributed by atoms with van der Waals surface area (Å²) in [6.45, 7) is 0.925. The van der Waals surface area contributed by atoms with E-state index < -0.39 is 0 Å². The van der Waals surface area contributed by atoms with Gasteiger partial charge in [-0.25, -0.2) is 4.57 Å². The Balaban J connectivity index is 1.94. The molecule has 5 rings (SSSR count). The molecule has 0 saturated carbocycles. The third-order valence-electron chi connectivity index (χ3n) is 3.62. The quantitative estimate of drug-likeness (QED) is 0.402. The van der Waals surface area contributed by atoms with Gasteiger partial charge in [0, 0.05) is 17.3 Å². The van der Waals surface area contributed by atoms with E-state index in [-0.39, 0.29) is 0 Å². The second kappa shape index (κ2) is 3.19. The fourth-order valence-electron chi connectivity index (χ4n) is 2.80. The van der Waals surface area contributed by atoms with Crippen molar-refractivity contribution in [1.29, 1.82) is 0 Å². The predicted molar refractivity (Wildman–Crippen MR) is 73.1 cm³/mol. The molecule has 90 valence electrons. The highest BCUT2D eigenvalue weighted by molar-refractivity contribution is 7.20. The Bertz CT molecular complexity index is 951. The number of thiazole rings is 1. The summed E-state index contributed by atoms with van der Waals surface area (Å²) in [5.41, 5.74) is 3.87. The Morgan fingerprint density at radius 3 is 3.16 bits per heavy atom. The summed E-state index contributed by atoms with van der Waals surface area (Å²) in [6, 6.07) is 10.5. The molecule has 5 heteroatoms. The van der Waals surface area contributed by atoms with Crippen LogP contribution in [0.15, 0.2) is 42.7 Å². The predicted octanol–water partition coefficient (Wildman–Crippen LogP) is 2.26. The van der Waals surface area contributed by atoms with E-state index in [9.17, 15) is 0 Å². The lowest BCUT2D eigenvalue weighted by molar-refractivity contribution is -0.644. The van der Waals surface area contributed by atoms with Crippen molar-refractivity contribution in [3.05, 3.63) is 48.3 Å². The minimum atomic E-state index is 0.773. The fraction of sp³-hybridized carbons (Fsp3) is 0.0714. The largest absolute Gasteiger partial charge is 0.327 e. The second-order valence-electron chi connectivity index (χ2n) is 4.68. The standard InChI is InChI=1S/C14H9N4S/c1-2-5-10-9(4-1)8-18-12-11(19-13(10)18)16-14-15-6-3-7-17(12)14/h1-7H,8H2/q+1. The lowest BCUT2D eigenvalue weighted by Crippen LogP contribution is -2.31. The van der Waals surface area contributed by atoms with Gasteiger partial charge in [0.15, 0.2) is 5.01 Å². The molecule has 0 radical (unpaired) electrons. The lowest BCUT2D eigenvalue weighted by atomic mass is 10.1. The summed E-state index contributed by atoms with van der Waals surface area (Å²) in [6.07, 6.45) is 3.81. The summed E-state index contributed by atoms with van der Waals surface area (Å²) in [4.78, 5) is 9.97. The minimum Gasteiger partial charge on any atom is -0.210 e. The van der Waals surface area contributed by atoms with Crippen molar-refractivity contribution in [2.75, 3.05) is 0 Å². The monoisotopic (exact) mass is 265 g/mol. The van der Waals surface area contributed by atoms with Crippen LogP contribution in [0, 0.1) is 0 Å². The summed E-state index contributed by atoms with van der Waals surface area (Å²) >= 11 is 1.75. The fourth-order valence-corrected chi connectivity index (χ4v) is 3.98.